The van der Waals surface area contributed by atoms with Gasteiger partial charge in [-0.25, -0.2) is 4.99 Å². The van der Waals surface area contributed by atoms with Gasteiger partial charge in [0.15, 0.2) is 5.96 Å². The second-order valence-electron chi connectivity index (χ2n) is 6.56. The van der Waals surface area contributed by atoms with Gasteiger partial charge in [-0.3, -0.25) is 4.90 Å². The number of morpholine rings is 1. The van der Waals surface area contributed by atoms with Crippen LogP contribution in [0.1, 0.15) is 19.4 Å². The molecule has 6 nitrogen and oxygen atoms in total. The number of halogens is 1. The zero-order chi connectivity index (χ0) is 18.1. The molecule has 1 aliphatic heterocycles. The Kier molecular flexibility index (Phi) is 7.96. The van der Waals surface area contributed by atoms with Crippen LogP contribution in [-0.4, -0.2) is 67.5 Å². The fourth-order valence-electron chi connectivity index (χ4n) is 2.67. The van der Waals surface area contributed by atoms with Gasteiger partial charge in [-0.15, -0.1) is 0 Å². The van der Waals surface area contributed by atoms with Gasteiger partial charge in [-0.1, -0.05) is 23.7 Å². The highest BCUT2D eigenvalue weighted by atomic mass is 35.5. The predicted octanol–water partition coefficient (Wildman–Crippen LogP) is 1.48. The maximum atomic E-state index is 10.7. The molecule has 1 heterocycles. The maximum absolute atomic E-state index is 10.7. The molecular weight excluding hydrogens is 340 g/mol. The van der Waals surface area contributed by atoms with Crippen LogP contribution < -0.4 is 10.6 Å². The molecule has 0 amide bonds. The van der Waals surface area contributed by atoms with Crippen molar-refractivity contribution in [2.24, 2.45) is 4.99 Å². The minimum atomic E-state index is -0.839. The van der Waals surface area contributed by atoms with Gasteiger partial charge < -0.3 is 20.5 Å². The predicted molar refractivity (Wildman–Crippen MR) is 102 cm³/mol. The monoisotopic (exact) mass is 368 g/mol. The van der Waals surface area contributed by atoms with Crippen LogP contribution in [0.3, 0.4) is 0 Å². The number of nitrogens with one attached hydrogen (secondary N) is 2. The summed E-state index contributed by atoms with van der Waals surface area (Å²) in [5, 5.41) is 17.8. The number of guanidine groups is 1. The molecule has 2 rings (SSSR count). The largest absolute Gasteiger partial charge is 0.387 e. The smallest absolute Gasteiger partial charge is 0.191 e. The second kappa shape index (κ2) is 9.97. The van der Waals surface area contributed by atoms with Crippen molar-refractivity contribution in [3.05, 3.63) is 34.9 Å². The van der Waals surface area contributed by atoms with Crippen molar-refractivity contribution in [1.82, 2.24) is 15.5 Å². The van der Waals surface area contributed by atoms with Crippen molar-refractivity contribution in [2.75, 3.05) is 45.9 Å². The number of hydrogen-bond donors (Lipinski definition) is 3. The Bertz CT molecular complexity index is 543. The van der Waals surface area contributed by atoms with E-state index in [4.69, 9.17) is 16.3 Å². The zero-order valence-corrected chi connectivity index (χ0v) is 15.9. The molecule has 1 aromatic rings. The molecule has 140 valence electrons. The normalized spacial score (nSPS) is 18.6. The van der Waals surface area contributed by atoms with Crippen LogP contribution in [0.15, 0.2) is 29.3 Å². The lowest BCUT2D eigenvalue weighted by molar-refractivity contribution is -0.0201. The molecule has 3 N–H and O–H groups in total. The first kappa shape index (κ1) is 20.0. The number of benzene rings is 1. The number of rotatable bonds is 7. The Hall–Kier alpha value is -1.34. The SMILES string of the molecule is CCNC(=NCc1ccc(Cl)cc1)NCC(C)(O)CN1CCOCC1. The molecule has 1 atom stereocenters. The van der Waals surface area contributed by atoms with Crippen LogP contribution in [-0.2, 0) is 11.3 Å². The fraction of sp³-hybridized carbons (Fsp3) is 0.611. The molecule has 7 heteroatoms. The molecule has 1 unspecified atom stereocenters. The highest BCUT2D eigenvalue weighted by Gasteiger charge is 2.25. The molecule has 0 bridgehead atoms. The fourth-order valence-corrected chi connectivity index (χ4v) is 2.80. The lowest BCUT2D eigenvalue weighted by Gasteiger charge is -2.34. The van der Waals surface area contributed by atoms with E-state index < -0.39 is 5.60 Å². The molecule has 0 saturated carbocycles. The van der Waals surface area contributed by atoms with E-state index in [9.17, 15) is 5.11 Å². The first-order chi connectivity index (χ1) is 12.0. The minimum Gasteiger partial charge on any atom is -0.387 e. The van der Waals surface area contributed by atoms with Gasteiger partial charge in [-0.2, -0.15) is 0 Å². The van der Waals surface area contributed by atoms with Gasteiger partial charge in [0.05, 0.1) is 25.4 Å². The van der Waals surface area contributed by atoms with Gasteiger partial charge in [0.25, 0.3) is 0 Å². The lowest BCUT2D eigenvalue weighted by Crippen LogP contribution is -2.52. The first-order valence-electron chi connectivity index (χ1n) is 8.77. The zero-order valence-electron chi connectivity index (χ0n) is 15.1. The van der Waals surface area contributed by atoms with Gasteiger partial charge >= 0.3 is 0 Å². The third kappa shape index (κ3) is 7.61. The highest BCUT2D eigenvalue weighted by molar-refractivity contribution is 6.30. The third-order valence-corrected chi connectivity index (χ3v) is 4.23. The van der Waals surface area contributed by atoms with Gasteiger partial charge in [-0.05, 0) is 31.5 Å². The average Bonchev–Trinajstić information content (AvgIpc) is 2.59. The maximum Gasteiger partial charge on any atom is 0.191 e. The average molecular weight is 369 g/mol. The van der Waals surface area contributed by atoms with Crippen molar-refractivity contribution < 1.29 is 9.84 Å². The Morgan fingerprint density at radius 1 is 1.28 bits per heavy atom. The Balaban J connectivity index is 1.86. The summed E-state index contributed by atoms with van der Waals surface area (Å²) in [6.07, 6.45) is 0. The number of nitrogens with zero attached hydrogens (tertiary/aromatic N) is 2. The molecule has 1 saturated heterocycles. The summed E-state index contributed by atoms with van der Waals surface area (Å²) in [6, 6.07) is 7.65. The number of aliphatic hydroxyl groups is 1. The Labute approximate surface area is 155 Å². The van der Waals surface area contributed by atoms with Crippen molar-refractivity contribution in [1.29, 1.82) is 0 Å². The van der Waals surface area contributed by atoms with Crippen LogP contribution in [0.5, 0.6) is 0 Å². The van der Waals surface area contributed by atoms with E-state index in [1.54, 1.807) is 0 Å². The van der Waals surface area contributed by atoms with Crippen molar-refractivity contribution in [3.63, 3.8) is 0 Å². The number of aliphatic imine (C=N–C) groups is 1. The molecule has 25 heavy (non-hydrogen) atoms. The quantitative estimate of drug-likeness (QED) is 0.502. The van der Waals surface area contributed by atoms with Crippen molar-refractivity contribution in [2.45, 2.75) is 26.0 Å². The summed E-state index contributed by atoms with van der Waals surface area (Å²) in [5.41, 5.74) is 0.245. The van der Waals surface area contributed by atoms with Crippen LogP contribution in [0.2, 0.25) is 5.02 Å². The molecule has 0 aromatic heterocycles. The van der Waals surface area contributed by atoms with Crippen LogP contribution in [0, 0.1) is 0 Å². The molecular formula is C18H29ClN4O2. The number of β-amino-alcohol motifs (C(OH)–C–C–N with tert-alkyl or cyclic N) is 1. The summed E-state index contributed by atoms with van der Waals surface area (Å²) in [5.74, 6) is 0.694. The summed E-state index contributed by atoms with van der Waals surface area (Å²) >= 11 is 5.90. The molecule has 1 fully saturated rings. The van der Waals surface area contributed by atoms with Gasteiger partial charge in [0.1, 0.15) is 0 Å². The standard InChI is InChI=1S/C18H29ClN4O2/c1-3-20-17(21-12-15-4-6-16(19)7-5-15)22-13-18(2,24)14-23-8-10-25-11-9-23/h4-7,24H,3,8-14H2,1-2H3,(H2,20,21,22). The van der Waals surface area contributed by atoms with Crippen LogP contribution in [0.4, 0.5) is 0 Å². The Morgan fingerprint density at radius 3 is 2.60 bits per heavy atom. The number of hydrogen-bond acceptors (Lipinski definition) is 4. The highest BCUT2D eigenvalue weighted by Crippen LogP contribution is 2.10. The summed E-state index contributed by atoms with van der Waals surface area (Å²) in [4.78, 5) is 6.80. The van der Waals surface area contributed by atoms with Crippen LogP contribution >= 0.6 is 11.6 Å². The summed E-state index contributed by atoms with van der Waals surface area (Å²) in [6.45, 7) is 9.40. The molecule has 0 aliphatic carbocycles. The van der Waals surface area contributed by atoms with E-state index in [2.05, 4.69) is 20.5 Å². The van der Waals surface area contributed by atoms with E-state index in [1.807, 2.05) is 38.1 Å². The molecule has 0 radical (unpaired) electrons. The molecule has 1 aromatic carbocycles. The van der Waals surface area contributed by atoms with Gasteiger partial charge in [0.2, 0.25) is 0 Å². The second-order valence-corrected chi connectivity index (χ2v) is 7.00. The first-order valence-corrected chi connectivity index (χ1v) is 9.15. The van der Waals surface area contributed by atoms with E-state index in [0.29, 0.717) is 25.6 Å². The third-order valence-electron chi connectivity index (χ3n) is 3.98. The van der Waals surface area contributed by atoms with Gasteiger partial charge in [0, 0.05) is 37.7 Å². The number of ether oxygens (including phenoxy) is 1. The van der Waals surface area contributed by atoms with Crippen LogP contribution in [0.25, 0.3) is 0 Å². The minimum absolute atomic E-state index is 0.427. The lowest BCUT2D eigenvalue weighted by atomic mass is 10.1. The van der Waals surface area contributed by atoms with E-state index >= 15 is 0 Å². The topological polar surface area (TPSA) is 69.1 Å². The van der Waals surface area contributed by atoms with E-state index in [0.717, 1.165) is 43.4 Å². The van der Waals surface area contributed by atoms with E-state index in [-0.39, 0.29) is 0 Å². The van der Waals surface area contributed by atoms with Crippen molar-refractivity contribution >= 4 is 17.6 Å². The van der Waals surface area contributed by atoms with E-state index in [1.165, 1.54) is 0 Å². The summed E-state index contributed by atoms with van der Waals surface area (Å²) in [7, 11) is 0. The Morgan fingerprint density at radius 2 is 1.96 bits per heavy atom. The van der Waals surface area contributed by atoms with Crippen molar-refractivity contribution in [3.8, 4) is 0 Å². The molecule has 0 spiro atoms. The summed E-state index contributed by atoms with van der Waals surface area (Å²) < 4.78 is 5.35. The molecule has 1 aliphatic rings.